The quantitative estimate of drug-likeness (QED) is 0.372. The van der Waals surface area contributed by atoms with Crippen LogP contribution in [-0.4, -0.2) is 17.6 Å². The number of amides is 1. The predicted octanol–water partition coefficient (Wildman–Crippen LogP) is 5.70. The van der Waals surface area contributed by atoms with E-state index in [1.165, 1.54) is 12.1 Å². The highest BCUT2D eigenvalue weighted by Crippen LogP contribution is 2.41. The smallest absolute Gasteiger partial charge is 0.291 e. The molecule has 1 amide bonds. The van der Waals surface area contributed by atoms with E-state index in [1.54, 1.807) is 11.0 Å². The standard InChI is InChI=1S/C29H24FNO5/c1-29(2,3)18-7-5-17(6-8-18)25-24-26(32)20-13-19(30)9-11-21(20)36-27(24)28(33)31(25)14-16-4-10-22-23(12-16)35-15-34-22/h4-13,25H,14-15H2,1-3H3/t25-/m0/s1. The topological polar surface area (TPSA) is 69.0 Å². The molecule has 0 bridgehead atoms. The summed E-state index contributed by atoms with van der Waals surface area (Å²) >= 11 is 0. The van der Waals surface area contributed by atoms with Crippen molar-refractivity contribution in [2.45, 2.75) is 38.8 Å². The fourth-order valence-electron chi connectivity index (χ4n) is 4.90. The van der Waals surface area contributed by atoms with Gasteiger partial charge in [0.1, 0.15) is 11.4 Å². The number of benzene rings is 3. The minimum absolute atomic E-state index is 0.00949. The third-order valence-electron chi connectivity index (χ3n) is 6.81. The van der Waals surface area contributed by atoms with Crippen LogP contribution in [0.1, 0.15) is 59.6 Å². The predicted molar refractivity (Wildman–Crippen MR) is 132 cm³/mol. The summed E-state index contributed by atoms with van der Waals surface area (Å²) in [6, 6.07) is 16.5. The fraction of sp³-hybridized carbons (Fsp3) is 0.241. The van der Waals surface area contributed by atoms with Gasteiger partial charge in [-0.1, -0.05) is 51.1 Å². The lowest BCUT2D eigenvalue weighted by atomic mass is 9.86. The van der Waals surface area contributed by atoms with Crippen LogP contribution in [0.3, 0.4) is 0 Å². The Morgan fingerprint density at radius 2 is 1.69 bits per heavy atom. The SMILES string of the molecule is CC(C)(C)c1ccc([C@H]2c3c(oc4ccc(F)cc4c3=O)C(=O)N2Cc2ccc3c(c2)OCO3)cc1. The molecule has 182 valence electrons. The lowest BCUT2D eigenvalue weighted by molar-refractivity contribution is 0.0714. The first-order chi connectivity index (χ1) is 17.2. The first-order valence-corrected chi connectivity index (χ1v) is 11.8. The van der Waals surface area contributed by atoms with E-state index in [0.717, 1.165) is 22.8 Å². The molecule has 0 radical (unpaired) electrons. The van der Waals surface area contributed by atoms with Crippen LogP contribution in [-0.2, 0) is 12.0 Å². The van der Waals surface area contributed by atoms with Gasteiger partial charge in [0.25, 0.3) is 5.91 Å². The van der Waals surface area contributed by atoms with E-state index in [9.17, 15) is 14.0 Å². The highest BCUT2D eigenvalue weighted by atomic mass is 19.1. The lowest BCUT2D eigenvalue weighted by Gasteiger charge is -2.26. The van der Waals surface area contributed by atoms with E-state index < -0.39 is 23.2 Å². The van der Waals surface area contributed by atoms with Crippen molar-refractivity contribution in [3.63, 3.8) is 0 Å². The molecular formula is C29H24FNO5. The molecule has 0 unspecified atom stereocenters. The molecule has 36 heavy (non-hydrogen) atoms. The Labute approximate surface area is 206 Å². The molecule has 3 aromatic carbocycles. The first kappa shape index (κ1) is 22.3. The summed E-state index contributed by atoms with van der Waals surface area (Å²) in [6.45, 7) is 6.74. The highest BCUT2D eigenvalue weighted by molar-refractivity contribution is 5.99. The molecule has 0 N–H and O–H groups in total. The fourth-order valence-corrected chi connectivity index (χ4v) is 4.90. The maximum Gasteiger partial charge on any atom is 0.291 e. The van der Waals surface area contributed by atoms with Crippen molar-refractivity contribution in [1.29, 1.82) is 0 Å². The van der Waals surface area contributed by atoms with E-state index in [0.29, 0.717) is 11.5 Å². The number of carbonyl (C=O) groups is 1. The van der Waals surface area contributed by atoms with Crippen molar-refractivity contribution in [1.82, 2.24) is 4.90 Å². The van der Waals surface area contributed by atoms with Crippen LogP contribution in [0.25, 0.3) is 11.0 Å². The van der Waals surface area contributed by atoms with E-state index in [-0.39, 0.29) is 41.0 Å². The molecule has 7 heteroatoms. The van der Waals surface area contributed by atoms with Gasteiger partial charge in [-0.2, -0.15) is 0 Å². The zero-order valence-corrected chi connectivity index (χ0v) is 20.1. The minimum Gasteiger partial charge on any atom is -0.454 e. The largest absolute Gasteiger partial charge is 0.454 e. The molecule has 2 aliphatic rings. The highest BCUT2D eigenvalue weighted by Gasteiger charge is 2.43. The van der Waals surface area contributed by atoms with Crippen LogP contribution < -0.4 is 14.9 Å². The first-order valence-electron chi connectivity index (χ1n) is 11.8. The van der Waals surface area contributed by atoms with Gasteiger partial charge in [0.15, 0.2) is 16.9 Å². The molecule has 0 spiro atoms. The van der Waals surface area contributed by atoms with Crippen LogP contribution in [0, 0.1) is 5.82 Å². The lowest BCUT2D eigenvalue weighted by Crippen LogP contribution is -2.29. The number of hydrogen-bond donors (Lipinski definition) is 0. The van der Waals surface area contributed by atoms with Crippen molar-refractivity contribution < 1.29 is 23.1 Å². The third-order valence-corrected chi connectivity index (χ3v) is 6.81. The van der Waals surface area contributed by atoms with Crippen LogP contribution in [0.5, 0.6) is 11.5 Å². The molecule has 0 aliphatic carbocycles. The van der Waals surface area contributed by atoms with Crippen molar-refractivity contribution in [3.05, 3.63) is 105 Å². The Morgan fingerprint density at radius 3 is 2.44 bits per heavy atom. The maximum absolute atomic E-state index is 14.0. The Balaban J connectivity index is 1.51. The van der Waals surface area contributed by atoms with Gasteiger partial charge in [-0.05, 0) is 52.4 Å². The second-order valence-electron chi connectivity index (χ2n) is 10.2. The van der Waals surface area contributed by atoms with Crippen molar-refractivity contribution in [2.75, 3.05) is 6.79 Å². The van der Waals surface area contributed by atoms with Crippen molar-refractivity contribution in [2.24, 2.45) is 0 Å². The third kappa shape index (κ3) is 3.54. The van der Waals surface area contributed by atoms with Gasteiger partial charge in [-0.3, -0.25) is 9.59 Å². The number of carbonyl (C=O) groups excluding carboxylic acids is 1. The number of hydrogen-bond acceptors (Lipinski definition) is 5. The van der Waals surface area contributed by atoms with E-state index in [1.807, 2.05) is 36.4 Å². The van der Waals surface area contributed by atoms with Crippen molar-refractivity contribution >= 4 is 16.9 Å². The molecule has 6 rings (SSSR count). The minimum atomic E-state index is -0.684. The number of halogens is 1. The Bertz CT molecular complexity index is 1580. The maximum atomic E-state index is 14.0. The van der Waals surface area contributed by atoms with Gasteiger partial charge in [-0.25, -0.2) is 4.39 Å². The number of ether oxygens (including phenoxy) is 2. The normalized spacial score (nSPS) is 16.6. The Hall–Kier alpha value is -4.13. The van der Waals surface area contributed by atoms with Crippen LogP contribution >= 0.6 is 0 Å². The van der Waals surface area contributed by atoms with E-state index in [4.69, 9.17) is 13.9 Å². The van der Waals surface area contributed by atoms with Gasteiger partial charge in [0.2, 0.25) is 12.6 Å². The van der Waals surface area contributed by atoms with Gasteiger partial charge in [-0.15, -0.1) is 0 Å². The van der Waals surface area contributed by atoms with Crippen LogP contribution in [0.4, 0.5) is 4.39 Å². The van der Waals surface area contributed by atoms with E-state index >= 15 is 0 Å². The summed E-state index contributed by atoms with van der Waals surface area (Å²) in [5.41, 5.74) is 2.67. The number of nitrogens with zero attached hydrogens (tertiary/aromatic N) is 1. The molecule has 3 heterocycles. The molecule has 4 aromatic rings. The molecule has 0 saturated carbocycles. The van der Waals surface area contributed by atoms with Gasteiger partial charge < -0.3 is 18.8 Å². The van der Waals surface area contributed by atoms with Crippen LogP contribution in [0.15, 0.2) is 69.9 Å². The Morgan fingerprint density at radius 1 is 0.944 bits per heavy atom. The summed E-state index contributed by atoms with van der Waals surface area (Å²) in [5.74, 6) is 0.315. The second-order valence-corrected chi connectivity index (χ2v) is 10.2. The zero-order chi connectivity index (χ0) is 25.2. The summed E-state index contributed by atoms with van der Waals surface area (Å²) in [6.07, 6.45) is 0. The number of rotatable bonds is 3. The molecule has 1 aromatic heterocycles. The molecular weight excluding hydrogens is 461 g/mol. The zero-order valence-electron chi connectivity index (χ0n) is 20.1. The average Bonchev–Trinajstić information content (AvgIpc) is 3.42. The molecule has 6 nitrogen and oxygen atoms in total. The molecule has 0 saturated heterocycles. The second kappa shape index (κ2) is 7.95. The van der Waals surface area contributed by atoms with Crippen LogP contribution in [0.2, 0.25) is 0 Å². The van der Waals surface area contributed by atoms with Gasteiger partial charge >= 0.3 is 0 Å². The molecule has 0 fully saturated rings. The molecule has 1 atom stereocenters. The number of fused-ring (bicyclic) bond motifs is 3. The molecule has 2 aliphatic heterocycles. The Kier molecular flexibility index (Phi) is 4.93. The van der Waals surface area contributed by atoms with Crippen molar-refractivity contribution in [3.8, 4) is 11.5 Å². The summed E-state index contributed by atoms with van der Waals surface area (Å²) < 4.78 is 30.8. The van der Waals surface area contributed by atoms with Gasteiger partial charge in [0, 0.05) is 6.54 Å². The van der Waals surface area contributed by atoms with E-state index in [2.05, 4.69) is 20.8 Å². The summed E-state index contributed by atoms with van der Waals surface area (Å²) in [5, 5.41) is 0.114. The summed E-state index contributed by atoms with van der Waals surface area (Å²) in [7, 11) is 0. The van der Waals surface area contributed by atoms with Gasteiger partial charge in [0.05, 0.1) is 17.0 Å². The monoisotopic (exact) mass is 485 g/mol. The summed E-state index contributed by atoms with van der Waals surface area (Å²) in [4.78, 5) is 28.9. The average molecular weight is 486 g/mol.